The number of nitrogens with zero attached hydrogens (tertiary/aromatic N) is 2. The second kappa shape index (κ2) is 9.50. The fourth-order valence-electron chi connectivity index (χ4n) is 1.89. The van der Waals surface area contributed by atoms with Crippen molar-refractivity contribution in [2.24, 2.45) is 0 Å². The first-order chi connectivity index (χ1) is 11.7. The molecule has 0 atom stereocenters. The van der Waals surface area contributed by atoms with Gasteiger partial charge in [-0.2, -0.15) is 4.98 Å². The zero-order chi connectivity index (χ0) is 18.6. The van der Waals surface area contributed by atoms with Crippen molar-refractivity contribution in [1.29, 1.82) is 0 Å². The maximum atomic E-state index is 13.7. The monoisotopic (exact) mass is 389 g/mol. The molecule has 0 aliphatic heterocycles. The van der Waals surface area contributed by atoms with Crippen LogP contribution in [0.3, 0.4) is 0 Å². The first-order valence-corrected chi connectivity index (χ1v) is 8.09. The normalized spacial score (nSPS) is 10.8. The number of nitrogens with one attached hydrogen (secondary N) is 1. The maximum absolute atomic E-state index is 13.7. The Morgan fingerprint density at radius 1 is 1.35 bits per heavy atom. The summed E-state index contributed by atoms with van der Waals surface area (Å²) in [4.78, 5) is 19.6. The molecule has 2 rings (SSSR count). The summed E-state index contributed by atoms with van der Waals surface area (Å²) in [5.74, 6) is -1.33. The van der Waals surface area contributed by atoms with Crippen molar-refractivity contribution in [2.75, 3.05) is 11.9 Å². The van der Waals surface area contributed by atoms with E-state index in [9.17, 15) is 14.3 Å². The zero-order valence-corrected chi connectivity index (χ0v) is 17.9. The van der Waals surface area contributed by atoms with E-state index in [2.05, 4.69) is 15.3 Å². The zero-order valence-electron chi connectivity index (χ0n) is 15.1. The van der Waals surface area contributed by atoms with Crippen LogP contribution in [0.15, 0.2) is 24.3 Å². The fourth-order valence-corrected chi connectivity index (χ4v) is 2.01. The number of aromatic nitrogens is 2. The quantitative estimate of drug-likeness (QED) is 0.652. The van der Waals surface area contributed by atoms with Gasteiger partial charge in [0.1, 0.15) is 17.2 Å². The van der Waals surface area contributed by atoms with Crippen LogP contribution in [-0.4, -0.2) is 28.1 Å². The van der Waals surface area contributed by atoms with Crippen LogP contribution in [-0.2, 0) is 4.79 Å². The summed E-state index contributed by atoms with van der Waals surface area (Å²) in [5.41, 5.74) is -1.20. The molecule has 1 aromatic heterocycles. The molecule has 0 aliphatic rings. The van der Waals surface area contributed by atoms with E-state index in [1.165, 1.54) is 32.0 Å². The van der Waals surface area contributed by atoms with Gasteiger partial charge in [0.05, 0.1) is 11.0 Å². The maximum Gasteiger partial charge on any atom is 1.00 e. The minimum absolute atomic E-state index is 0. The SMILES string of the molecule is CCCNc1cc(OC(C)(C)C(=O)[O-])nc(-c2ccc(Cl)c(F)c2)n1.[Na+]. The molecule has 0 spiro atoms. The molecule has 134 valence electrons. The van der Waals surface area contributed by atoms with Crippen molar-refractivity contribution in [3.05, 3.63) is 35.1 Å². The molecule has 1 aromatic carbocycles. The van der Waals surface area contributed by atoms with E-state index in [0.29, 0.717) is 17.9 Å². The molecule has 0 saturated heterocycles. The number of halogens is 2. The molecule has 0 radical (unpaired) electrons. The van der Waals surface area contributed by atoms with Crippen LogP contribution < -0.4 is 44.7 Å². The molecular formula is C17H18ClFN3NaO3. The predicted molar refractivity (Wildman–Crippen MR) is 90.9 cm³/mol. The second-order valence-electron chi connectivity index (χ2n) is 5.87. The Hall–Kier alpha value is -1.41. The number of ether oxygens (including phenoxy) is 1. The van der Waals surface area contributed by atoms with Gasteiger partial charge in [0.2, 0.25) is 5.88 Å². The third-order valence-electron chi connectivity index (χ3n) is 3.29. The Balaban J connectivity index is 0.00000338. The van der Waals surface area contributed by atoms with E-state index in [1.807, 2.05) is 6.92 Å². The summed E-state index contributed by atoms with van der Waals surface area (Å²) < 4.78 is 19.2. The summed E-state index contributed by atoms with van der Waals surface area (Å²) in [7, 11) is 0. The molecule has 2 aromatic rings. The van der Waals surface area contributed by atoms with Gasteiger partial charge in [-0.25, -0.2) is 9.37 Å². The van der Waals surface area contributed by atoms with Crippen molar-refractivity contribution in [3.63, 3.8) is 0 Å². The van der Waals surface area contributed by atoms with Gasteiger partial charge < -0.3 is 20.0 Å². The number of hydrogen-bond donors (Lipinski definition) is 1. The number of carboxylic acid groups (broad SMARTS) is 1. The number of benzene rings is 1. The molecule has 1 heterocycles. The average molecular weight is 390 g/mol. The van der Waals surface area contributed by atoms with Crippen LogP contribution in [0.25, 0.3) is 11.4 Å². The average Bonchev–Trinajstić information content (AvgIpc) is 2.54. The first kappa shape index (κ1) is 22.6. The number of rotatable bonds is 7. The van der Waals surface area contributed by atoms with Gasteiger partial charge in [-0.15, -0.1) is 0 Å². The van der Waals surface area contributed by atoms with Crippen molar-refractivity contribution in [3.8, 4) is 17.3 Å². The van der Waals surface area contributed by atoms with Crippen molar-refractivity contribution in [2.45, 2.75) is 32.8 Å². The van der Waals surface area contributed by atoms with Crippen LogP contribution in [0, 0.1) is 5.82 Å². The molecule has 0 unspecified atom stereocenters. The van der Waals surface area contributed by atoms with Crippen molar-refractivity contribution in [1.82, 2.24) is 9.97 Å². The molecule has 0 fully saturated rings. The van der Waals surface area contributed by atoms with E-state index < -0.39 is 17.4 Å². The van der Waals surface area contributed by atoms with Crippen LogP contribution in [0.5, 0.6) is 5.88 Å². The third kappa shape index (κ3) is 5.81. The van der Waals surface area contributed by atoms with Crippen molar-refractivity contribution >= 4 is 23.4 Å². The van der Waals surface area contributed by atoms with Crippen LogP contribution >= 0.6 is 11.6 Å². The minimum atomic E-state index is -1.58. The van der Waals surface area contributed by atoms with Gasteiger partial charge in [-0.05, 0) is 38.5 Å². The Bertz CT molecular complexity index is 790. The summed E-state index contributed by atoms with van der Waals surface area (Å²) in [6.07, 6.45) is 0.857. The molecule has 1 N–H and O–H groups in total. The Morgan fingerprint density at radius 3 is 2.62 bits per heavy atom. The minimum Gasteiger partial charge on any atom is -0.546 e. The summed E-state index contributed by atoms with van der Waals surface area (Å²) in [6.45, 7) is 5.34. The number of carbonyl (C=O) groups excluding carboxylic acids is 1. The topological polar surface area (TPSA) is 87.2 Å². The number of carboxylic acids is 1. The van der Waals surface area contributed by atoms with Crippen LogP contribution in [0.1, 0.15) is 27.2 Å². The molecule has 0 amide bonds. The molecule has 9 heteroatoms. The predicted octanol–water partition coefficient (Wildman–Crippen LogP) is -0.331. The molecule has 6 nitrogen and oxygen atoms in total. The summed E-state index contributed by atoms with van der Waals surface area (Å²) in [6, 6.07) is 5.65. The van der Waals surface area contributed by atoms with Crippen molar-refractivity contribution < 1.29 is 48.6 Å². The number of aliphatic carboxylic acids is 1. The van der Waals surface area contributed by atoms with Crippen LogP contribution in [0.4, 0.5) is 10.2 Å². The smallest absolute Gasteiger partial charge is 0.546 e. The fraction of sp³-hybridized carbons (Fsp3) is 0.353. The molecule has 0 aliphatic carbocycles. The molecule has 26 heavy (non-hydrogen) atoms. The largest absolute Gasteiger partial charge is 1.00 e. The summed E-state index contributed by atoms with van der Waals surface area (Å²) in [5, 5.41) is 14.2. The third-order valence-corrected chi connectivity index (χ3v) is 3.59. The van der Waals surface area contributed by atoms with Gasteiger partial charge in [0.25, 0.3) is 0 Å². The Kier molecular flexibility index (Phi) is 8.27. The van der Waals surface area contributed by atoms with Crippen LogP contribution in [0.2, 0.25) is 5.02 Å². The number of anilines is 1. The van der Waals surface area contributed by atoms with E-state index >= 15 is 0 Å². The molecule has 0 saturated carbocycles. The Labute approximate surface area is 178 Å². The summed E-state index contributed by atoms with van der Waals surface area (Å²) >= 11 is 5.70. The van der Waals surface area contributed by atoms with Gasteiger partial charge in [-0.3, -0.25) is 0 Å². The first-order valence-electron chi connectivity index (χ1n) is 7.71. The van der Waals surface area contributed by atoms with E-state index in [0.717, 1.165) is 6.42 Å². The van der Waals surface area contributed by atoms with Gasteiger partial charge >= 0.3 is 29.6 Å². The number of carbonyl (C=O) groups is 1. The molecule has 0 bridgehead atoms. The second-order valence-corrected chi connectivity index (χ2v) is 6.28. The van der Waals surface area contributed by atoms with Gasteiger partial charge in [0.15, 0.2) is 5.82 Å². The van der Waals surface area contributed by atoms with E-state index in [4.69, 9.17) is 16.3 Å². The number of hydrogen-bond acceptors (Lipinski definition) is 6. The van der Waals surface area contributed by atoms with E-state index in [-0.39, 0.29) is 46.3 Å². The molecular weight excluding hydrogens is 372 g/mol. The van der Waals surface area contributed by atoms with E-state index in [1.54, 1.807) is 6.07 Å². The Morgan fingerprint density at radius 2 is 2.04 bits per heavy atom. The van der Waals surface area contributed by atoms with Gasteiger partial charge in [-0.1, -0.05) is 18.5 Å². The van der Waals surface area contributed by atoms with Gasteiger partial charge in [0, 0.05) is 18.2 Å². The standard InChI is InChI=1S/C17H19ClFN3O3.Na/c1-4-7-20-13-9-14(25-17(2,3)16(23)24)22-15(21-13)10-5-6-11(18)12(19)8-10;/h5-6,8-9H,4,7H2,1-3H3,(H,23,24)(H,20,21,22);/q;+1/p-1.